The Kier molecular flexibility index (Phi) is 6.73. The second kappa shape index (κ2) is 7.84. The molecule has 0 aliphatic rings. The fourth-order valence-electron chi connectivity index (χ4n) is 3.73. The summed E-state index contributed by atoms with van der Waals surface area (Å²) in [5, 5.41) is 0. The molecule has 0 saturated heterocycles. The van der Waals surface area contributed by atoms with Gasteiger partial charge >= 0.3 is 0 Å². The van der Waals surface area contributed by atoms with E-state index in [-0.39, 0.29) is 5.54 Å². The molecule has 0 heterocycles. The molecule has 1 rings (SSSR count). The van der Waals surface area contributed by atoms with Crippen LogP contribution in [0.1, 0.15) is 53.0 Å². The lowest BCUT2D eigenvalue weighted by Gasteiger charge is -2.47. The van der Waals surface area contributed by atoms with Crippen LogP contribution in [0, 0.1) is 18.8 Å². The van der Waals surface area contributed by atoms with Crippen LogP contribution in [0.2, 0.25) is 0 Å². The van der Waals surface area contributed by atoms with Crippen molar-refractivity contribution in [3.05, 3.63) is 29.8 Å². The number of likely N-dealkylation sites (N-methyl/N-ethyl adjacent to an activating group) is 1. The summed E-state index contributed by atoms with van der Waals surface area (Å²) in [4.78, 5) is 2.56. The highest BCUT2D eigenvalue weighted by Crippen LogP contribution is 2.35. The van der Waals surface area contributed by atoms with E-state index in [1.54, 1.807) is 0 Å². The molecule has 0 radical (unpaired) electrons. The van der Waals surface area contributed by atoms with E-state index in [0.29, 0.717) is 18.4 Å². The number of nitrogens with two attached hydrogens (primary N) is 1. The molecule has 2 nitrogen and oxygen atoms in total. The normalized spacial score (nSPS) is 12.2. The van der Waals surface area contributed by atoms with Gasteiger partial charge < -0.3 is 10.6 Å². The fraction of sp³-hybridized carbons (Fsp3) is 0.684. The second-order valence-electron chi connectivity index (χ2n) is 7.16. The van der Waals surface area contributed by atoms with Gasteiger partial charge in [-0.2, -0.15) is 0 Å². The molecule has 2 heteroatoms. The highest BCUT2D eigenvalue weighted by Gasteiger charge is 2.36. The maximum Gasteiger partial charge on any atom is 0.0529 e. The summed E-state index contributed by atoms with van der Waals surface area (Å²) < 4.78 is 0. The molecule has 0 atom stereocenters. The highest BCUT2D eigenvalue weighted by molar-refractivity contribution is 5.55. The van der Waals surface area contributed by atoms with Gasteiger partial charge in [-0.1, -0.05) is 45.9 Å². The zero-order chi connectivity index (χ0) is 16.0. The number of hydrogen-bond donors (Lipinski definition) is 1. The molecule has 0 aliphatic carbocycles. The van der Waals surface area contributed by atoms with Crippen molar-refractivity contribution < 1.29 is 0 Å². The van der Waals surface area contributed by atoms with E-state index in [9.17, 15) is 0 Å². The summed E-state index contributed by atoms with van der Waals surface area (Å²) in [7, 11) is 0. The van der Waals surface area contributed by atoms with E-state index in [1.165, 1.54) is 11.3 Å². The quantitative estimate of drug-likeness (QED) is 0.757. The Labute approximate surface area is 131 Å². The van der Waals surface area contributed by atoms with Crippen molar-refractivity contribution >= 4 is 5.69 Å². The maximum absolute atomic E-state index is 6.33. The standard InChI is InChI=1S/C19H34N2/c1-7-21(18-11-9-8-10-17(18)6)19(14-20,12-15(2)3)13-16(4)5/h8-11,15-16H,7,12-14,20H2,1-6H3. The molecule has 21 heavy (non-hydrogen) atoms. The predicted molar refractivity (Wildman–Crippen MR) is 94.9 cm³/mol. The molecule has 1 aromatic carbocycles. The molecule has 0 aliphatic heterocycles. The monoisotopic (exact) mass is 290 g/mol. The molecular weight excluding hydrogens is 256 g/mol. The fourth-order valence-corrected chi connectivity index (χ4v) is 3.73. The molecule has 0 unspecified atom stereocenters. The Bertz CT molecular complexity index is 413. The van der Waals surface area contributed by atoms with Gasteiger partial charge in [0.15, 0.2) is 0 Å². The zero-order valence-corrected chi connectivity index (χ0v) is 14.8. The Morgan fingerprint density at radius 3 is 1.95 bits per heavy atom. The van der Waals surface area contributed by atoms with Gasteiger partial charge in [0.2, 0.25) is 0 Å². The minimum atomic E-state index is 0.0587. The van der Waals surface area contributed by atoms with Gasteiger partial charge in [-0.3, -0.25) is 0 Å². The number of aryl methyl sites for hydroxylation is 1. The summed E-state index contributed by atoms with van der Waals surface area (Å²) >= 11 is 0. The van der Waals surface area contributed by atoms with Gasteiger partial charge in [-0.05, 0) is 50.2 Å². The van der Waals surface area contributed by atoms with Crippen molar-refractivity contribution in [3.63, 3.8) is 0 Å². The summed E-state index contributed by atoms with van der Waals surface area (Å²) in [5.74, 6) is 1.29. The van der Waals surface area contributed by atoms with Gasteiger partial charge in [-0.15, -0.1) is 0 Å². The summed E-state index contributed by atoms with van der Waals surface area (Å²) in [6.07, 6.45) is 2.29. The van der Waals surface area contributed by atoms with Crippen LogP contribution in [0.4, 0.5) is 5.69 Å². The molecule has 0 amide bonds. The third-order valence-corrected chi connectivity index (χ3v) is 4.25. The summed E-state index contributed by atoms with van der Waals surface area (Å²) in [6.45, 7) is 15.4. The van der Waals surface area contributed by atoms with Gasteiger partial charge in [0.1, 0.15) is 0 Å². The number of anilines is 1. The van der Waals surface area contributed by atoms with Crippen molar-refractivity contribution in [1.29, 1.82) is 0 Å². The zero-order valence-electron chi connectivity index (χ0n) is 14.8. The van der Waals surface area contributed by atoms with Gasteiger partial charge in [0.05, 0.1) is 5.54 Å². The van der Waals surface area contributed by atoms with E-state index in [1.807, 2.05) is 0 Å². The Morgan fingerprint density at radius 2 is 1.57 bits per heavy atom. The van der Waals surface area contributed by atoms with E-state index < -0.39 is 0 Å². The van der Waals surface area contributed by atoms with Crippen LogP contribution in [-0.4, -0.2) is 18.6 Å². The topological polar surface area (TPSA) is 29.3 Å². The lowest BCUT2D eigenvalue weighted by molar-refractivity contribution is 0.272. The molecule has 0 saturated carbocycles. The average Bonchev–Trinajstić information content (AvgIpc) is 2.40. The van der Waals surface area contributed by atoms with Crippen molar-refractivity contribution in [2.75, 3.05) is 18.0 Å². The average molecular weight is 290 g/mol. The summed E-state index contributed by atoms with van der Waals surface area (Å²) in [5.41, 5.74) is 9.06. The molecule has 0 bridgehead atoms. The Morgan fingerprint density at radius 1 is 1.05 bits per heavy atom. The van der Waals surface area contributed by atoms with E-state index in [0.717, 1.165) is 19.4 Å². The largest absolute Gasteiger partial charge is 0.365 e. The van der Waals surface area contributed by atoms with E-state index >= 15 is 0 Å². The molecule has 2 N–H and O–H groups in total. The van der Waals surface area contributed by atoms with Crippen LogP contribution in [0.3, 0.4) is 0 Å². The van der Waals surface area contributed by atoms with E-state index in [2.05, 4.69) is 70.7 Å². The molecule has 120 valence electrons. The highest BCUT2D eigenvalue weighted by atomic mass is 15.2. The smallest absolute Gasteiger partial charge is 0.0529 e. The van der Waals surface area contributed by atoms with Crippen LogP contribution in [0.5, 0.6) is 0 Å². The summed E-state index contributed by atoms with van der Waals surface area (Å²) in [6, 6.07) is 8.69. The van der Waals surface area contributed by atoms with Crippen molar-refractivity contribution in [3.8, 4) is 0 Å². The number of hydrogen-bond acceptors (Lipinski definition) is 2. The van der Waals surface area contributed by atoms with Crippen LogP contribution in [-0.2, 0) is 0 Å². The molecule has 0 fully saturated rings. The number of nitrogens with zero attached hydrogens (tertiary/aromatic N) is 1. The lowest BCUT2D eigenvalue weighted by Crippen LogP contribution is -2.56. The first kappa shape index (κ1) is 18.0. The molecule has 0 aromatic heterocycles. The van der Waals surface area contributed by atoms with Crippen LogP contribution in [0.15, 0.2) is 24.3 Å². The number of rotatable bonds is 8. The Hall–Kier alpha value is -1.02. The molecular formula is C19H34N2. The minimum Gasteiger partial charge on any atom is -0.365 e. The maximum atomic E-state index is 6.33. The van der Waals surface area contributed by atoms with Crippen molar-refractivity contribution in [1.82, 2.24) is 0 Å². The van der Waals surface area contributed by atoms with Crippen LogP contribution >= 0.6 is 0 Å². The number of para-hydroxylation sites is 1. The van der Waals surface area contributed by atoms with Crippen LogP contribution < -0.4 is 10.6 Å². The van der Waals surface area contributed by atoms with Crippen LogP contribution in [0.25, 0.3) is 0 Å². The molecule has 1 aromatic rings. The first-order chi connectivity index (χ1) is 9.86. The minimum absolute atomic E-state index is 0.0587. The third-order valence-electron chi connectivity index (χ3n) is 4.25. The predicted octanol–water partition coefficient (Wildman–Crippen LogP) is 4.61. The van der Waals surface area contributed by atoms with Gasteiger partial charge in [0, 0.05) is 18.8 Å². The van der Waals surface area contributed by atoms with E-state index in [4.69, 9.17) is 5.73 Å². The molecule has 0 spiro atoms. The van der Waals surface area contributed by atoms with Crippen molar-refractivity contribution in [2.45, 2.75) is 59.9 Å². The third kappa shape index (κ3) is 4.47. The second-order valence-corrected chi connectivity index (χ2v) is 7.16. The van der Waals surface area contributed by atoms with Crippen molar-refractivity contribution in [2.24, 2.45) is 17.6 Å². The lowest BCUT2D eigenvalue weighted by atomic mass is 9.79. The first-order valence-corrected chi connectivity index (χ1v) is 8.39. The van der Waals surface area contributed by atoms with Gasteiger partial charge in [0.25, 0.3) is 0 Å². The Balaban J connectivity index is 3.28. The number of benzene rings is 1. The first-order valence-electron chi connectivity index (χ1n) is 8.39. The van der Waals surface area contributed by atoms with Gasteiger partial charge in [-0.25, -0.2) is 0 Å². The SMILES string of the molecule is CCN(c1ccccc1C)C(CN)(CC(C)C)CC(C)C.